The van der Waals surface area contributed by atoms with E-state index >= 15 is 0 Å². The molecule has 0 amide bonds. The Hall–Kier alpha value is -2.09. The predicted octanol–water partition coefficient (Wildman–Crippen LogP) is 19.5. The van der Waals surface area contributed by atoms with E-state index in [9.17, 15) is 9.90 Å². The van der Waals surface area contributed by atoms with Gasteiger partial charge in [0.1, 0.15) is 5.75 Å². The summed E-state index contributed by atoms with van der Waals surface area (Å²) in [4.78, 5) is 13.7. The minimum atomic E-state index is 0.337. The van der Waals surface area contributed by atoms with Crippen LogP contribution in [0.25, 0.3) is 0 Å². The van der Waals surface area contributed by atoms with E-state index in [1.54, 1.807) is 0 Å². The van der Waals surface area contributed by atoms with Crippen molar-refractivity contribution in [1.82, 2.24) is 0 Å². The maximum atomic E-state index is 13.7. The lowest BCUT2D eigenvalue weighted by Gasteiger charge is -2.18. The number of unbranched alkanes of at least 4 members (excludes halogenated alkanes) is 29. The number of hydrogen-bond donors (Lipinski definition) is 1. The van der Waals surface area contributed by atoms with Crippen LogP contribution in [-0.2, 0) is 17.6 Å². The van der Waals surface area contributed by atoms with Gasteiger partial charge in [0.2, 0.25) is 0 Å². The van der Waals surface area contributed by atoms with Gasteiger partial charge in [-0.2, -0.15) is 0 Å². The third kappa shape index (κ3) is 25.8. The number of aromatic hydroxyl groups is 1. The van der Waals surface area contributed by atoms with E-state index in [-0.39, 0.29) is 0 Å². The van der Waals surface area contributed by atoms with E-state index in [4.69, 9.17) is 0 Å². The Morgan fingerprint density at radius 1 is 0.450 bits per heavy atom. The van der Waals surface area contributed by atoms with Gasteiger partial charge in [-0.25, -0.2) is 0 Å². The second-order valence-electron chi connectivity index (χ2n) is 19.3. The second-order valence-corrected chi connectivity index (χ2v) is 19.3. The van der Waals surface area contributed by atoms with Gasteiger partial charge < -0.3 is 5.11 Å². The Bertz CT molecular complexity index is 1300. The first-order valence-corrected chi connectivity index (χ1v) is 27.0. The number of Topliss-reactive ketones (excluding diaryl/α,β-unsaturated/α-hetero) is 1. The molecule has 1 aromatic carbocycles. The van der Waals surface area contributed by atoms with Crippen molar-refractivity contribution in [3.05, 3.63) is 63.8 Å². The molecule has 2 rings (SSSR count). The first kappa shape index (κ1) is 54.0. The van der Waals surface area contributed by atoms with E-state index < -0.39 is 0 Å². The van der Waals surface area contributed by atoms with Gasteiger partial charge in [-0.1, -0.05) is 233 Å². The standard InChI is InChI=1S/C58H100O2/c1-6-10-14-18-22-24-28-32-35-43-53-47-51(46-52(57(53)59)42-34-30-26-20-16-12-8-3)41-39-38-40-50(5)56-48-54(44-36-31-27-21-17-13-9-4)58(60)55(49-56)45-37-33-29-25-23-19-15-11-7-2/h41,46-50,60H,6-40,42-45H2,1-5H3. The van der Waals surface area contributed by atoms with Crippen molar-refractivity contribution in [2.24, 2.45) is 0 Å². The highest BCUT2D eigenvalue weighted by Gasteiger charge is 2.20. The molecule has 0 spiro atoms. The summed E-state index contributed by atoms with van der Waals surface area (Å²) in [7, 11) is 0. The van der Waals surface area contributed by atoms with Gasteiger partial charge in [0, 0.05) is 11.1 Å². The Morgan fingerprint density at radius 3 is 1.12 bits per heavy atom. The summed E-state index contributed by atoms with van der Waals surface area (Å²) in [6.07, 6.45) is 56.1. The van der Waals surface area contributed by atoms with Crippen LogP contribution in [0.15, 0.2) is 47.1 Å². The molecule has 1 atom stereocenters. The summed E-state index contributed by atoms with van der Waals surface area (Å²) >= 11 is 0. The fraction of sp³-hybridized carbons (Fsp3) is 0.776. The number of ketones is 1. The molecule has 0 saturated carbocycles. The molecule has 60 heavy (non-hydrogen) atoms. The summed E-state index contributed by atoms with van der Waals surface area (Å²) in [6, 6.07) is 4.73. The third-order valence-electron chi connectivity index (χ3n) is 13.5. The largest absolute Gasteiger partial charge is 0.507 e. The van der Waals surface area contributed by atoms with Gasteiger partial charge in [0.05, 0.1) is 0 Å². The van der Waals surface area contributed by atoms with Crippen molar-refractivity contribution < 1.29 is 9.90 Å². The molecule has 1 unspecified atom stereocenters. The summed E-state index contributed by atoms with van der Waals surface area (Å²) < 4.78 is 0. The lowest BCUT2D eigenvalue weighted by atomic mass is 9.87. The van der Waals surface area contributed by atoms with E-state index in [1.807, 2.05) is 0 Å². The molecular formula is C58H100O2. The third-order valence-corrected chi connectivity index (χ3v) is 13.5. The number of allylic oxidation sites excluding steroid dienone is 6. The zero-order valence-electron chi connectivity index (χ0n) is 40.9. The average Bonchev–Trinajstić information content (AvgIpc) is 3.25. The topological polar surface area (TPSA) is 37.3 Å². The van der Waals surface area contributed by atoms with E-state index in [0.717, 1.165) is 68.9 Å². The minimum absolute atomic E-state index is 0.337. The molecule has 0 heterocycles. The van der Waals surface area contributed by atoms with E-state index in [1.165, 1.54) is 215 Å². The molecule has 0 aliphatic heterocycles. The number of benzene rings is 1. The fourth-order valence-corrected chi connectivity index (χ4v) is 9.38. The van der Waals surface area contributed by atoms with Crippen LogP contribution in [0, 0.1) is 0 Å². The zero-order valence-corrected chi connectivity index (χ0v) is 40.9. The predicted molar refractivity (Wildman–Crippen MR) is 267 cm³/mol. The van der Waals surface area contributed by atoms with E-state index in [2.05, 4.69) is 65.0 Å². The number of aryl methyl sites for hydroxylation is 2. The maximum absolute atomic E-state index is 13.7. The van der Waals surface area contributed by atoms with Crippen LogP contribution in [0.3, 0.4) is 0 Å². The monoisotopic (exact) mass is 829 g/mol. The van der Waals surface area contributed by atoms with Gasteiger partial charge in [0.15, 0.2) is 5.78 Å². The second kappa shape index (κ2) is 37.5. The SMILES string of the molecule is CCCCCCCCCCCC1=CC(=CCCCC(C)c2cc(CCCCCCCCC)c(O)c(CCCCCCCCCCC)c2)C=C(CCCCCCCCC)C1=O. The Balaban J connectivity index is 2.04. The van der Waals surface area contributed by atoms with Crippen LogP contribution >= 0.6 is 0 Å². The molecule has 0 aromatic heterocycles. The Labute approximate surface area is 374 Å². The van der Waals surface area contributed by atoms with Crippen molar-refractivity contribution in [2.45, 2.75) is 291 Å². The van der Waals surface area contributed by atoms with Gasteiger partial charge in [0.25, 0.3) is 0 Å². The summed E-state index contributed by atoms with van der Waals surface area (Å²) in [6.45, 7) is 11.6. The molecule has 1 aromatic rings. The van der Waals surface area contributed by atoms with Crippen LogP contribution < -0.4 is 0 Å². The lowest BCUT2D eigenvalue weighted by Crippen LogP contribution is -2.11. The van der Waals surface area contributed by atoms with Crippen molar-refractivity contribution in [3.8, 4) is 5.75 Å². The molecule has 344 valence electrons. The van der Waals surface area contributed by atoms with Crippen LogP contribution in [0.4, 0.5) is 0 Å². The molecule has 0 fully saturated rings. The van der Waals surface area contributed by atoms with Crippen molar-refractivity contribution in [2.75, 3.05) is 0 Å². The molecule has 0 saturated heterocycles. The number of rotatable bonds is 41. The summed E-state index contributed by atoms with van der Waals surface area (Å²) in [5, 5.41) is 11.5. The zero-order chi connectivity index (χ0) is 43.3. The van der Waals surface area contributed by atoms with Crippen molar-refractivity contribution >= 4 is 5.78 Å². The van der Waals surface area contributed by atoms with E-state index in [0.29, 0.717) is 17.5 Å². The minimum Gasteiger partial charge on any atom is -0.507 e. The highest BCUT2D eigenvalue weighted by molar-refractivity contribution is 6.10. The molecule has 0 bridgehead atoms. The number of phenols is 1. The van der Waals surface area contributed by atoms with Crippen molar-refractivity contribution in [1.29, 1.82) is 0 Å². The Morgan fingerprint density at radius 2 is 0.767 bits per heavy atom. The normalized spacial score (nSPS) is 14.3. The molecule has 1 aliphatic rings. The van der Waals surface area contributed by atoms with Crippen LogP contribution in [0.1, 0.15) is 295 Å². The highest BCUT2D eigenvalue weighted by Crippen LogP contribution is 2.34. The summed E-state index contributed by atoms with van der Waals surface area (Å²) in [5.41, 5.74) is 7.21. The smallest absolute Gasteiger partial charge is 0.185 e. The molecule has 0 radical (unpaired) electrons. The number of carbonyl (C=O) groups is 1. The van der Waals surface area contributed by atoms with Crippen molar-refractivity contribution in [3.63, 3.8) is 0 Å². The molecule has 1 N–H and O–H groups in total. The molecule has 2 nitrogen and oxygen atoms in total. The maximum Gasteiger partial charge on any atom is 0.185 e. The Kier molecular flexibility index (Phi) is 33.7. The first-order chi connectivity index (χ1) is 29.4. The van der Waals surface area contributed by atoms with Crippen LogP contribution in [-0.4, -0.2) is 10.9 Å². The number of carbonyl (C=O) groups excluding carboxylic acids is 1. The number of hydrogen-bond acceptors (Lipinski definition) is 2. The van der Waals surface area contributed by atoms with Crippen LogP contribution in [0.5, 0.6) is 5.75 Å². The van der Waals surface area contributed by atoms with Gasteiger partial charge in [-0.05, 0) is 111 Å². The molecule has 1 aliphatic carbocycles. The average molecular weight is 829 g/mol. The van der Waals surface area contributed by atoms with Gasteiger partial charge in [-0.15, -0.1) is 0 Å². The molecular weight excluding hydrogens is 729 g/mol. The first-order valence-electron chi connectivity index (χ1n) is 27.0. The van der Waals surface area contributed by atoms with Gasteiger partial charge in [-0.3, -0.25) is 4.79 Å². The highest BCUT2D eigenvalue weighted by atomic mass is 16.3. The summed E-state index contributed by atoms with van der Waals surface area (Å²) in [5.74, 6) is 1.40. The number of phenolic OH excluding ortho intramolecular Hbond substituents is 1. The van der Waals surface area contributed by atoms with Crippen LogP contribution in [0.2, 0.25) is 0 Å². The quantitative estimate of drug-likeness (QED) is 0.0668. The molecule has 2 heteroatoms. The fourth-order valence-electron chi connectivity index (χ4n) is 9.38. The lowest BCUT2D eigenvalue weighted by molar-refractivity contribution is -0.112. The van der Waals surface area contributed by atoms with Gasteiger partial charge >= 0.3 is 0 Å².